The fourth-order valence-corrected chi connectivity index (χ4v) is 3.31. The Bertz CT molecular complexity index is 1060. The highest BCUT2D eigenvalue weighted by Gasteiger charge is 2.26. The molecule has 140 valence electrons. The molecule has 2 heterocycles. The van der Waals surface area contributed by atoms with Crippen LogP contribution in [0.2, 0.25) is 0 Å². The summed E-state index contributed by atoms with van der Waals surface area (Å²) in [5.41, 5.74) is 2.68. The van der Waals surface area contributed by atoms with Gasteiger partial charge in [0.05, 0.1) is 4.92 Å². The van der Waals surface area contributed by atoms with Gasteiger partial charge in [0.2, 0.25) is 11.0 Å². The number of hydrogen-bond acceptors (Lipinski definition) is 8. The van der Waals surface area contributed by atoms with E-state index in [0.29, 0.717) is 28.0 Å². The van der Waals surface area contributed by atoms with Crippen LogP contribution in [0.25, 0.3) is 11.3 Å². The number of rotatable bonds is 5. The number of thioether (sulfide) groups is 1. The largest absolute Gasteiger partial charge is 0.448 e. The maximum atomic E-state index is 11.1. The molecule has 0 saturated carbocycles. The molecule has 1 aliphatic rings. The van der Waals surface area contributed by atoms with Gasteiger partial charge in [0.1, 0.15) is 0 Å². The highest BCUT2D eigenvalue weighted by Crippen LogP contribution is 2.39. The molecule has 0 aliphatic carbocycles. The van der Waals surface area contributed by atoms with Crippen molar-refractivity contribution in [3.63, 3.8) is 0 Å². The Morgan fingerprint density at radius 3 is 2.93 bits per heavy atom. The van der Waals surface area contributed by atoms with Crippen LogP contribution in [0.1, 0.15) is 11.8 Å². The smallest absolute Gasteiger partial charge is 0.269 e. The predicted molar refractivity (Wildman–Crippen MR) is 106 cm³/mol. The first kappa shape index (κ1) is 17.9. The van der Waals surface area contributed by atoms with Gasteiger partial charge in [-0.05, 0) is 6.07 Å². The Kier molecular flexibility index (Phi) is 4.90. The Morgan fingerprint density at radius 2 is 2.11 bits per heavy atom. The third kappa shape index (κ3) is 3.52. The molecule has 3 aromatic rings. The molecule has 1 unspecified atom stereocenters. The fourth-order valence-electron chi connectivity index (χ4n) is 2.79. The number of nitrogens with one attached hydrogen (secondary N) is 1. The minimum atomic E-state index is -0.670. The number of aromatic nitrogens is 3. The van der Waals surface area contributed by atoms with Gasteiger partial charge >= 0.3 is 0 Å². The molecule has 2 aromatic carbocycles. The van der Waals surface area contributed by atoms with Crippen molar-refractivity contribution in [3.05, 3.63) is 76.9 Å². The number of anilines is 1. The number of nitro benzene ring substituents is 1. The van der Waals surface area contributed by atoms with Crippen LogP contribution in [0.4, 0.5) is 11.4 Å². The van der Waals surface area contributed by atoms with Crippen LogP contribution in [-0.4, -0.2) is 25.9 Å². The lowest BCUT2D eigenvalue weighted by Gasteiger charge is -2.19. The summed E-state index contributed by atoms with van der Waals surface area (Å²) >= 11 is 1.39. The number of ether oxygens (including phenoxy) is 1. The first-order valence-electron chi connectivity index (χ1n) is 8.41. The third-order valence-corrected chi connectivity index (χ3v) is 4.88. The topological polar surface area (TPSA) is 103 Å². The summed E-state index contributed by atoms with van der Waals surface area (Å²) in [5, 5.41) is 23.4. The van der Waals surface area contributed by atoms with Crippen molar-refractivity contribution < 1.29 is 9.66 Å². The first-order chi connectivity index (χ1) is 13.7. The Balaban J connectivity index is 1.79. The van der Waals surface area contributed by atoms with Gasteiger partial charge in [0.25, 0.3) is 5.69 Å². The number of nitro groups is 1. The van der Waals surface area contributed by atoms with Gasteiger partial charge in [-0.15, -0.1) is 16.8 Å². The molecule has 9 heteroatoms. The quantitative estimate of drug-likeness (QED) is 0.297. The highest BCUT2D eigenvalue weighted by atomic mass is 32.2. The van der Waals surface area contributed by atoms with Crippen LogP contribution in [0.3, 0.4) is 0 Å². The Hall–Kier alpha value is -3.46. The zero-order chi connectivity index (χ0) is 19.5. The van der Waals surface area contributed by atoms with Crippen LogP contribution in [0, 0.1) is 10.1 Å². The van der Waals surface area contributed by atoms with Gasteiger partial charge < -0.3 is 10.1 Å². The lowest BCUT2D eigenvalue weighted by molar-refractivity contribution is -0.385. The molecule has 4 rings (SSSR count). The maximum absolute atomic E-state index is 11.1. The Labute approximate surface area is 164 Å². The molecule has 0 bridgehead atoms. The summed E-state index contributed by atoms with van der Waals surface area (Å²) in [6.45, 7) is 3.69. The second kappa shape index (κ2) is 7.65. The molecule has 1 aromatic heterocycles. The first-order valence-corrected chi connectivity index (χ1v) is 9.39. The van der Waals surface area contributed by atoms with Gasteiger partial charge in [0, 0.05) is 34.7 Å². The molecule has 1 N–H and O–H groups in total. The summed E-state index contributed by atoms with van der Waals surface area (Å²) in [5.74, 6) is 0.958. The number of hydrogen-bond donors (Lipinski definition) is 1. The summed E-state index contributed by atoms with van der Waals surface area (Å²) in [6, 6.07) is 13.9. The van der Waals surface area contributed by atoms with Crippen molar-refractivity contribution in [1.29, 1.82) is 0 Å². The number of nitrogens with zero attached hydrogens (tertiary/aromatic N) is 4. The molecular formula is C19H15N5O3S. The molecule has 0 spiro atoms. The minimum Gasteiger partial charge on any atom is -0.448 e. The van der Waals surface area contributed by atoms with E-state index in [4.69, 9.17) is 4.74 Å². The molecular weight excluding hydrogens is 378 g/mol. The van der Waals surface area contributed by atoms with Crippen molar-refractivity contribution in [3.8, 4) is 17.1 Å². The zero-order valence-corrected chi connectivity index (χ0v) is 15.4. The molecule has 0 amide bonds. The fraction of sp³-hybridized carbons (Fsp3) is 0.105. The van der Waals surface area contributed by atoms with E-state index in [1.807, 2.05) is 24.3 Å². The molecule has 0 radical (unpaired) electrons. The zero-order valence-electron chi connectivity index (χ0n) is 14.6. The SMILES string of the molecule is C=CCSc1nnc2c(n1)OC(c1cccc([N+](=O)[O-])c1)Nc1ccccc1-2. The molecule has 1 atom stereocenters. The van der Waals surface area contributed by atoms with Crippen molar-refractivity contribution in [2.75, 3.05) is 11.1 Å². The van der Waals surface area contributed by atoms with Crippen LogP contribution >= 0.6 is 11.8 Å². The predicted octanol–water partition coefficient (Wildman–Crippen LogP) is 4.23. The molecule has 8 nitrogen and oxygen atoms in total. The van der Waals surface area contributed by atoms with Gasteiger partial charge in [-0.25, -0.2) is 0 Å². The van der Waals surface area contributed by atoms with Crippen LogP contribution in [-0.2, 0) is 0 Å². The molecule has 28 heavy (non-hydrogen) atoms. The van der Waals surface area contributed by atoms with Gasteiger partial charge in [-0.3, -0.25) is 10.1 Å². The van der Waals surface area contributed by atoms with E-state index in [1.54, 1.807) is 18.2 Å². The summed E-state index contributed by atoms with van der Waals surface area (Å²) in [6.07, 6.45) is 1.08. The minimum absolute atomic E-state index is 0.0105. The van der Waals surface area contributed by atoms with E-state index in [0.717, 1.165) is 11.3 Å². The van der Waals surface area contributed by atoms with E-state index in [2.05, 4.69) is 27.1 Å². The van der Waals surface area contributed by atoms with E-state index >= 15 is 0 Å². The lowest BCUT2D eigenvalue weighted by atomic mass is 10.1. The summed E-state index contributed by atoms with van der Waals surface area (Å²) < 4.78 is 6.09. The van der Waals surface area contributed by atoms with Crippen LogP contribution in [0.15, 0.2) is 66.3 Å². The van der Waals surface area contributed by atoms with E-state index in [9.17, 15) is 10.1 Å². The summed E-state index contributed by atoms with van der Waals surface area (Å²) in [7, 11) is 0. The van der Waals surface area contributed by atoms with Crippen LogP contribution < -0.4 is 10.1 Å². The van der Waals surface area contributed by atoms with E-state index in [-0.39, 0.29) is 5.69 Å². The average molecular weight is 393 g/mol. The highest BCUT2D eigenvalue weighted by molar-refractivity contribution is 7.99. The van der Waals surface area contributed by atoms with Crippen molar-refractivity contribution in [2.45, 2.75) is 11.4 Å². The van der Waals surface area contributed by atoms with Crippen molar-refractivity contribution in [2.24, 2.45) is 0 Å². The van der Waals surface area contributed by atoms with E-state index < -0.39 is 11.2 Å². The maximum Gasteiger partial charge on any atom is 0.269 e. The number of fused-ring (bicyclic) bond motifs is 3. The molecule has 1 aliphatic heterocycles. The average Bonchev–Trinajstić information content (AvgIpc) is 2.88. The number of benzene rings is 2. The lowest BCUT2D eigenvalue weighted by Crippen LogP contribution is -2.17. The number of para-hydroxylation sites is 1. The standard InChI is InChI=1S/C19H15N5O3S/c1-2-10-28-19-21-18-16(22-23-19)14-8-3-4-9-15(14)20-17(27-18)12-6-5-7-13(11-12)24(25)26/h2-9,11,17,20H,1,10H2. The van der Waals surface area contributed by atoms with Gasteiger partial charge in [0.15, 0.2) is 11.9 Å². The number of non-ortho nitro benzene ring substituents is 1. The molecule has 0 fully saturated rings. The van der Waals surface area contributed by atoms with Crippen molar-refractivity contribution in [1.82, 2.24) is 15.2 Å². The van der Waals surface area contributed by atoms with Crippen LogP contribution in [0.5, 0.6) is 5.88 Å². The van der Waals surface area contributed by atoms with Crippen molar-refractivity contribution >= 4 is 23.1 Å². The Morgan fingerprint density at radius 1 is 1.25 bits per heavy atom. The normalized spacial score (nSPS) is 14.6. The van der Waals surface area contributed by atoms with E-state index in [1.165, 1.54) is 23.9 Å². The third-order valence-electron chi connectivity index (χ3n) is 4.05. The second-order valence-corrected chi connectivity index (χ2v) is 6.87. The molecule has 0 saturated heterocycles. The summed E-state index contributed by atoms with van der Waals surface area (Å²) in [4.78, 5) is 15.2. The monoisotopic (exact) mass is 393 g/mol. The second-order valence-electron chi connectivity index (χ2n) is 5.89. The van der Waals surface area contributed by atoms with Gasteiger partial charge in [-0.2, -0.15) is 4.98 Å². The van der Waals surface area contributed by atoms with Gasteiger partial charge in [-0.1, -0.05) is 48.2 Å².